The number of amides is 1. The fraction of sp³-hybridized carbons (Fsp3) is 0.667. The van der Waals surface area contributed by atoms with Crippen molar-refractivity contribution in [2.24, 2.45) is 5.92 Å². The lowest BCUT2D eigenvalue weighted by molar-refractivity contribution is -0.123. The molecule has 4 heteroatoms. The number of benzene rings is 1. The summed E-state index contributed by atoms with van der Waals surface area (Å²) in [6.45, 7) is 8.02. The first-order chi connectivity index (χ1) is 12.2. The van der Waals surface area contributed by atoms with Crippen molar-refractivity contribution in [2.45, 2.75) is 51.6 Å². The first kappa shape index (κ1) is 18.4. The summed E-state index contributed by atoms with van der Waals surface area (Å²) in [7, 11) is 0. The number of hydrogen-bond donors (Lipinski definition) is 1. The van der Waals surface area contributed by atoms with Gasteiger partial charge in [0.2, 0.25) is 5.91 Å². The Balaban J connectivity index is 1.42. The highest BCUT2D eigenvalue weighted by molar-refractivity contribution is 5.78. The Bertz CT molecular complexity index is 533. The maximum Gasteiger partial charge on any atom is 0.234 e. The van der Waals surface area contributed by atoms with Crippen molar-refractivity contribution in [3.05, 3.63) is 35.9 Å². The summed E-state index contributed by atoms with van der Waals surface area (Å²) >= 11 is 0. The summed E-state index contributed by atoms with van der Waals surface area (Å²) in [5, 5.41) is 3.29. The largest absolute Gasteiger partial charge is 0.352 e. The molecular formula is C21H33N3O. The van der Waals surface area contributed by atoms with Crippen molar-refractivity contribution >= 4 is 5.91 Å². The van der Waals surface area contributed by atoms with Gasteiger partial charge in [-0.15, -0.1) is 0 Å². The standard InChI is InChI=1S/C21H33N3O/c1-18-8-5-6-11-20(18)22-21(25)17-24-13-7-12-23(14-15-24)16-19-9-3-2-4-10-19/h2-4,9-10,18,20H,5-8,11-17H2,1H3,(H,22,25). The van der Waals surface area contributed by atoms with E-state index in [2.05, 4.69) is 52.4 Å². The number of carbonyl (C=O) groups excluding carboxylic acids is 1. The Morgan fingerprint density at radius 1 is 1.00 bits per heavy atom. The summed E-state index contributed by atoms with van der Waals surface area (Å²) in [5.41, 5.74) is 1.37. The molecule has 0 aromatic heterocycles. The highest BCUT2D eigenvalue weighted by atomic mass is 16.2. The fourth-order valence-electron chi connectivity index (χ4n) is 4.17. The van der Waals surface area contributed by atoms with Crippen molar-refractivity contribution in [3.63, 3.8) is 0 Å². The molecule has 1 saturated heterocycles. The minimum absolute atomic E-state index is 0.218. The molecule has 2 aliphatic rings. The zero-order valence-corrected chi connectivity index (χ0v) is 15.6. The third-order valence-electron chi connectivity index (χ3n) is 5.76. The van der Waals surface area contributed by atoms with E-state index in [1.165, 1.54) is 24.8 Å². The molecule has 3 rings (SSSR count). The summed E-state index contributed by atoms with van der Waals surface area (Å²) in [5.74, 6) is 0.846. The molecule has 0 spiro atoms. The van der Waals surface area contributed by atoms with Crippen LogP contribution in [0.15, 0.2) is 30.3 Å². The molecule has 1 aromatic rings. The number of hydrogen-bond acceptors (Lipinski definition) is 3. The molecule has 2 unspecified atom stereocenters. The number of nitrogens with zero attached hydrogens (tertiary/aromatic N) is 2. The number of nitrogens with one attached hydrogen (secondary N) is 1. The van der Waals surface area contributed by atoms with E-state index in [0.717, 1.165) is 45.6 Å². The van der Waals surface area contributed by atoms with Crippen LogP contribution in [-0.2, 0) is 11.3 Å². The van der Waals surface area contributed by atoms with Crippen LogP contribution in [0.1, 0.15) is 44.6 Å². The van der Waals surface area contributed by atoms with Gasteiger partial charge in [-0.25, -0.2) is 0 Å². The van der Waals surface area contributed by atoms with Gasteiger partial charge in [0.15, 0.2) is 0 Å². The van der Waals surface area contributed by atoms with Crippen molar-refractivity contribution in [1.82, 2.24) is 15.1 Å². The molecule has 138 valence electrons. The minimum Gasteiger partial charge on any atom is -0.352 e. The smallest absolute Gasteiger partial charge is 0.234 e. The molecule has 2 atom stereocenters. The highest BCUT2D eigenvalue weighted by Crippen LogP contribution is 2.23. The molecule has 4 nitrogen and oxygen atoms in total. The topological polar surface area (TPSA) is 35.6 Å². The average Bonchev–Trinajstić information content (AvgIpc) is 2.83. The van der Waals surface area contributed by atoms with Crippen LogP contribution in [0.5, 0.6) is 0 Å². The molecule has 1 saturated carbocycles. The first-order valence-electron chi connectivity index (χ1n) is 9.99. The number of rotatable bonds is 5. The summed E-state index contributed by atoms with van der Waals surface area (Å²) in [4.78, 5) is 17.3. The van der Waals surface area contributed by atoms with Crippen molar-refractivity contribution in [2.75, 3.05) is 32.7 Å². The predicted molar refractivity (Wildman–Crippen MR) is 102 cm³/mol. The Hall–Kier alpha value is -1.39. The summed E-state index contributed by atoms with van der Waals surface area (Å²) in [6, 6.07) is 11.1. The molecule has 1 aliphatic carbocycles. The molecule has 0 bridgehead atoms. The van der Waals surface area contributed by atoms with Crippen molar-refractivity contribution in [1.29, 1.82) is 0 Å². The first-order valence-corrected chi connectivity index (χ1v) is 9.99. The lowest BCUT2D eigenvalue weighted by Crippen LogP contribution is -2.46. The molecule has 25 heavy (non-hydrogen) atoms. The van der Waals surface area contributed by atoms with Crippen LogP contribution in [-0.4, -0.2) is 54.5 Å². The van der Waals surface area contributed by atoms with Crippen LogP contribution in [0.25, 0.3) is 0 Å². The van der Waals surface area contributed by atoms with E-state index in [4.69, 9.17) is 0 Å². The SMILES string of the molecule is CC1CCCCC1NC(=O)CN1CCCN(Cc2ccccc2)CC1. The lowest BCUT2D eigenvalue weighted by Gasteiger charge is -2.30. The van der Waals surface area contributed by atoms with Gasteiger partial charge >= 0.3 is 0 Å². The Kier molecular flexibility index (Phi) is 6.88. The summed E-state index contributed by atoms with van der Waals surface area (Å²) in [6.07, 6.45) is 6.12. The second-order valence-electron chi connectivity index (χ2n) is 7.83. The third kappa shape index (κ3) is 5.82. The third-order valence-corrected chi connectivity index (χ3v) is 5.76. The zero-order valence-electron chi connectivity index (χ0n) is 15.6. The van der Waals surface area contributed by atoms with Crippen LogP contribution in [0, 0.1) is 5.92 Å². The minimum atomic E-state index is 0.218. The molecule has 1 amide bonds. The van der Waals surface area contributed by atoms with E-state index in [9.17, 15) is 4.79 Å². The van der Waals surface area contributed by atoms with Gasteiger partial charge in [0.25, 0.3) is 0 Å². The molecule has 1 heterocycles. The van der Waals surface area contributed by atoms with Gasteiger partial charge in [-0.2, -0.15) is 0 Å². The van der Waals surface area contributed by atoms with E-state index in [0.29, 0.717) is 18.5 Å². The van der Waals surface area contributed by atoms with E-state index in [-0.39, 0.29) is 5.91 Å². The lowest BCUT2D eigenvalue weighted by atomic mass is 9.86. The van der Waals surface area contributed by atoms with Gasteiger partial charge in [0, 0.05) is 25.7 Å². The Labute approximate surface area is 152 Å². The summed E-state index contributed by atoms with van der Waals surface area (Å²) < 4.78 is 0. The van der Waals surface area contributed by atoms with Gasteiger partial charge in [0.1, 0.15) is 0 Å². The quantitative estimate of drug-likeness (QED) is 0.893. The maximum atomic E-state index is 12.4. The average molecular weight is 344 g/mol. The van der Waals surface area contributed by atoms with Gasteiger partial charge in [0.05, 0.1) is 6.54 Å². The van der Waals surface area contributed by atoms with Crippen LogP contribution in [0.3, 0.4) is 0 Å². The van der Waals surface area contributed by atoms with Crippen LogP contribution in [0.4, 0.5) is 0 Å². The van der Waals surface area contributed by atoms with E-state index in [1.54, 1.807) is 0 Å². The molecule has 2 fully saturated rings. The number of carbonyl (C=O) groups is 1. The van der Waals surface area contributed by atoms with Crippen molar-refractivity contribution in [3.8, 4) is 0 Å². The zero-order chi connectivity index (χ0) is 17.5. The highest BCUT2D eigenvalue weighted by Gasteiger charge is 2.24. The molecule has 1 aromatic carbocycles. The van der Waals surface area contributed by atoms with Crippen molar-refractivity contribution < 1.29 is 4.79 Å². The molecular weight excluding hydrogens is 310 g/mol. The van der Waals surface area contributed by atoms with Crippen LogP contribution in [0.2, 0.25) is 0 Å². The van der Waals surface area contributed by atoms with Crippen LogP contribution < -0.4 is 5.32 Å². The van der Waals surface area contributed by atoms with E-state index < -0.39 is 0 Å². The fourth-order valence-corrected chi connectivity index (χ4v) is 4.17. The second-order valence-corrected chi connectivity index (χ2v) is 7.83. The van der Waals surface area contributed by atoms with Gasteiger partial charge in [-0.05, 0) is 43.8 Å². The Morgan fingerprint density at radius 3 is 2.52 bits per heavy atom. The normalized spacial score (nSPS) is 26.1. The van der Waals surface area contributed by atoms with Gasteiger partial charge in [-0.1, -0.05) is 50.1 Å². The predicted octanol–water partition coefficient (Wildman–Crippen LogP) is 2.89. The second kappa shape index (κ2) is 9.35. The molecule has 1 N–H and O–H groups in total. The van der Waals surface area contributed by atoms with E-state index in [1.807, 2.05) is 0 Å². The van der Waals surface area contributed by atoms with E-state index >= 15 is 0 Å². The maximum absolute atomic E-state index is 12.4. The van der Waals surface area contributed by atoms with Gasteiger partial charge < -0.3 is 5.32 Å². The molecule has 1 aliphatic heterocycles. The van der Waals surface area contributed by atoms with Gasteiger partial charge in [-0.3, -0.25) is 14.6 Å². The molecule has 0 radical (unpaired) electrons. The Morgan fingerprint density at radius 2 is 1.72 bits per heavy atom. The monoisotopic (exact) mass is 343 g/mol. The van der Waals surface area contributed by atoms with Crippen LogP contribution >= 0.6 is 0 Å².